The highest BCUT2D eigenvalue weighted by Gasteiger charge is 2.09. The van der Waals surface area contributed by atoms with Gasteiger partial charge in [-0.15, -0.1) is 10.2 Å². The average Bonchev–Trinajstić information content (AvgIpc) is 3.15. The summed E-state index contributed by atoms with van der Waals surface area (Å²) < 4.78 is 6.20. The molecule has 1 amide bonds. The molecule has 28 heavy (non-hydrogen) atoms. The van der Waals surface area contributed by atoms with Gasteiger partial charge < -0.3 is 10.1 Å². The molecule has 0 unspecified atom stereocenters. The number of ether oxygens (including phenoxy) is 1. The number of nitrogens with one attached hydrogen (secondary N) is 1. The Labute approximate surface area is 170 Å². The van der Waals surface area contributed by atoms with Crippen molar-refractivity contribution >= 4 is 44.4 Å². The molecule has 0 fully saturated rings. The van der Waals surface area contributed by atoms with Crippen molar-refractivity contribution in [2.75, 3.05) is 18.2 Å². The molecule has 0 aliphatic carbocycles. The largest absolute Gasteiger partial charge is 0.497 e. The first kappa shape index (κ1) is 18.4. The maximum absolute atomic E-state index is 12.2. The van der Waals surface area contributed by atoms with Crippen LogP contribution in [0.1, 0.15) is 0 Å². The molecule has 4 aromatic rings. The lowest BCUT2D eigenvalue weighted by Gasteiger charge is -2.04. The van der Waals surface area contributed by atoms with Gasteiger partial charge in [0.15, 0.2) is 5.13 Å². The Kier molecular flexibility index (Phi) is 5.50. The number of para-hydroxylation sites is 1. The van der Waals surface area contributed by atoms with Gasteiger partial charge in [-0.1, -0.05) is 35.2 Å². The predicted octanol–water partition coefficient (Wildman–Crippen LogP) is 4.49. The number of fused-ring (bicyclic) bond motifs is 1. The first-order valence-corrected chi connectivity index (χ1v) is 10.3. The molecular formula is C20H16N4O2S2. The number of hydrogen-bond acceptors (Lipinski definition) is 7. The SMILES string of the molecule is COc1ccc(-c2ccc(SCC(=O)Nc3nc4ccccc4s3)nn2)cc1. The number of thiazole rings is 1. The van der Waals surface area contributed by atoms with Crippen molar-refractivity contribution in [1.82, 2.24) is 15.2 Å². The molecule has 0 spiro atoms. The molecule has 0 radical (unpaired) electrons. The second-order valence-corrected chi connectivity index (χ2v) is 7.84. The number of methoxy groups -OCH3 is 1. The maximum Gasteiger partial charge on any atom is 0.236 e. The van der Waals surface area contributed by atoms with Crippen LogP contribution in [0.25, 0.3) is 21.5 Å². The molecule has 8 heteroatoms. The first-order valence-electron chi connectivity index (χ1n) is 8.47. The van der Waals surface area contributed by atoms with Crippen molar-refractivity contribution in [2.24, 2.45) is 0 Å². The zero-order valence-corrected chi connectivity index (χ0v) is 16.6. The third-order valence-corrected chi connectivity index (χ3v) is 5.79. The lowest BCUT2D eigenvalue weighted by atomic mass is 10.1. The van der Waals surface area contributed by atoms with Gasteiger partial charge in [0.25, 0.3) is 0 Å². The Bertz CT molecular complexity index is 1060. The number of amides is 1. The number of rotatable bonds is 6. The van der Waals surface area contributed by atoms with E-state index in [9.17, 15) is 4.79 Å². The van der Waals surface area contributed by atoms with Gasteiger partial charge in [-0.3, -0.25) is 4.79 Å². The highest BCUT2D eigenvalue weighted by atomic mass is 32.2. The number of nitrogens with zero attached hydrogens (tertiary/aromatic N) is 3. The van der Waals surface area contributed by atoms with E-state index < -0.39 is 0 Å². The Balaban J connectivity index is 1.34. The summed E-state index contributed by atoms with van der Waals surface area (Å²) in [5.74, 6) is 0.917. The van der Waals surface area contributed by atoms with E-state index in [2.05, 4.69) is 20.5 Å². The lowest BCUT2D eigenvalue weighted by molar-refractivity contribution is -0.113. The molecule has 0 atom stereocenters. The van der Waals surface area contributed by atoms with Crippen molar-refractivity contribution in [3.8, 4) is 17.0 Å². The van der Waals surface area contributed by atoms with Crippen LogP contribution < -0.4 is 10.1 Å². The van der Waals surface area contributed by atoms with E-state index in [0.717, 1.165) is 27.2 Å². The zero-order valence-electron chi connectivity index (χ0n) is 15.0. The van der Waals surface area contributed by atoms with Gasteiger partial charge in [-0.2, -0.15) is 0 Å². The van der Waals surface area contributed by atoms with Crippen molar-refractivity contribution in [3.05, 3.63) is 60.7 Å². The summed E-state index contributed by atoms with van der Waals surface area (Å²) in [6.07, 6.45) is 0. The molecule has 0 aliphatic heterocycles. The Hall–Kier alpha value is -2.97. The van der Waals surface area contributed by atoms with Gasteiger partial charge in [-0.25, -0.2) is 4.98 Å². The smallest absolute Gasteiger partial charge is 0.236 e. The van der Waals surface area contributed by atoms with Crippen LogP contribution in [-0.4, -0.2) is 34.0 Å². The molecule has 4 rings (SSSR count). The summed E-state index contributed by atoms with van der Waals surface area (Å²) in [7, 11) is 1.63. The molecule has 1 N–H and O–H groups in total. The Morgan fingerprint density at radius 3 is 2.61 bits per heavy atom. The maximum atomic E-state index is 12.2. The molecule has 0 bridgehead atoms. The fraction of sp³-hybridized carbons (Fsp3) is 0.100. The van der Waals surface area contributed by atoms with E-state index in [1.165, 1.54) is 23.1 Å². The monoisotopic (exact) mass is 408 g/mol. The minimum absolute atomic E-state index is 0.120. The van der Waals surface area contributed by atoms with Crippen molar-refractivity contribution in [1.29, 1.82) is 0 Å². The predicted molar refractivity (Wildman–Crippen MR) is 113 cm³/mol. The van der Waals surface area contributed by atoms with E-state index in [-0.39, 0.29) is 11.7 Å². The number of thioether (sulfide) groups is 1. The Morgan fingerprint density at radius 1 is 1.07 bits per heavy atom. The second-order valence-electron chi connectivity index (χ2n) is 5.81. The third kappa shape index (κ3) is 4.29. The van der Waals surface area contributed by atoms with Gasteiger partial charge in [0, 0.05) is 5.56 Å². The van der Waals surface area contributed by atoms with Crippen LogP contribution in [0.15, 0.2) is 65.7 Å². The van der Waals surface area contributed by atoms with E-state index >= 15 is 0 Å². The molecule has 0 saturated carbocycles. The highest BCUT2D eigenvalue weighted by molar-refractivity contribution is 7.99. The minimum Gasteiger partial charge on any atom is -0.497 e. The fourth-order valence-electron chi connectivity index (χ4n) is 2.53. The summed E-state index contributed by atoms with van der Waals surface area (Å²) in [6, 6.07) is 19.2. The van der Waals surface area contributed by atoms with Crippen LogP contribution in [0.2, 0.25) is 0 Å². The van der Waals surface area contributed by atoms with Crippen molar-refractivity contribution in [3.63, 3.8) is 0 Å². The summed E-state index contributed by atoms with van der Waals surface area (Å²) in [4.78, 5) is 16.6. The first-order chi connectivity index (χ1) is 13.7. The zero-order chi connectivity index (χ0) is 19.3. The van der Waals surface area contributed by atoms with Crippen molar-refractivity contribution in [2.45, 2.75) is 5.03 Å². The van der Waals surface area contributed by atoms with E-state index in [0.29, 0.717) is 10.2 Å². The van der Waals surface area contributed by atoms with Crippen LogP contribution in [0.5, 0.6) is 5.75 Å². The molecule has 0 aliphatic rings. The van der Waals surface area contributed by atoms with Crippen LogP contribution in [0.4, 0.5) is 5.13 Å². The van der Waals surface area contributed by atoms with Crippen LogP contribution >= 0.6 is 23.1 Å². The molecular weight excluding hydrogens is 392 g/mol. The van der Waals surface area contributed by atoms with Crippen molar-refractivity contribution < 1.29 is 9.53 Å². The minimum atomic E-state index is -0.120. The number of hydrogen-bond donors (Lipinski definition) is 1. The second kappa shape index (κ2) is 8.37. The van der Waals surface area contributed by atoms with Crippen LogP contribution in [0, 0.1) is 0 Å². The van der Waals surface area contributed by atoms with Gasteiger partial charge >= 0.3 is 0 Å². The molecule has 6 nitrogen and oxygen atoms in total. The van der Waals surface area contributed by atoms with Gasteiger partial charge in [0.1, 0.15) is 10.8 Å². The summed E-state index contributed by atoms with van der Waals surface area (Å²) in [5, 5.41) is 12.6. The van der Waals surface area contributed by atoms with E-state index in [4.69, 9.17) is 4.74 Å². The quantitative estimate of drug-likeness (QED) is 0.474. The number of anilines is 1. The summed E-state index contributed by atoms with van der Waals surface area (Å²) in [5.41, 5.74) is 2.61. The fourth-order valence-corrected chi connectivity index (χ4v) is 4.03. The standard InChI is InChI=1S/C20H16N4O2S2/c1-26-14-8-6-13(7-9-14)15-10-11-19(24-23-15)27-12-18(25)22-20-21-16-4-2-3-5-17(16)28-20/h2-11H,12H2,1H3,(H,21,22,25). The lowest BCUT2D eigenvalue weighted by Crippen LogP contribution is -2.13. The summed E-state index contributed by atoms with van der Waals surface area (Å²) in [6.45, 7) is 0. The highest BCUT2D eigenvalue weighted by Crippen LogP contribution is 2.26. The molecule has 140 valence electrons. The normalized spacial score (nSPS) is 10.8. The van der Waals surface area contributed by atoms with Gasteiger partial charge in [0.05, 0.1) is 28.8 Å². The number of carbonyl (C=O) groups excluding carboxylic acids is 1. The van der Waals surface area contributed by atoms with E-state index in [1.54, 1.807) is 7.11 Å². The number of aromatic nitrogens is 3. The van der Waals surface area contributed by atoms with E-state index in [1.807, 2.05) is 60.7 Å². The summed E-state index contributed by atoms with van der Waals surface area (Å²) >= 11 is 2.80. The van der Waals surface area contributed by atoms with Gasteiger partial charge in [-0.05, 0) is 48.5 Å². The van der Waals surface area contributed by atoms with Crippen LogP contribution in [0.3, 0.4) is 0 Å². The third-order valence-electron chi connectivity index (χ3n) is 3.92. The van der Waals surface area contributed by atoms with Gasteiger partial charge in [0.2, 0.25) is 5.91 Å². The number of benzene rings is 2. The topological polar surface area (TPSA) is 77.0 Å². The molecule has 0 saturated heterocycles. The molecule has 2 heterocycles. The Morgan fingerprint density at radius 2 is 1.89 bits per heavy atom. The molecule has 2 aromatic heterocycles. The molecule has 2 aromatic carbocycles. The van der Waals surface area contributed by atoms with Crippen LogP contribution in [-0.2, 0) is 4.79 Å². The number of carbonyl (C=O) groups is 1. The average molecular weight is 409 g/mol.